The lowest BCUT2D eigenvalue weighted by atomic mass is 9.63. The van der Waals surface area contributed by atoms with Gasteiger partial charge in [0.2, 0.25) is 5.91 Å². The number of allylic oxidation sites excluding steroid dienone is 1. The summed E-state index contributed by atoms with van der Waals surface area (Å²) in [5.74, 6) is 0.735. The minimum Gasteiger partial charge on any atom is -0.392 e. The minimum atomic E-state index is -0.343. The highest BCUT2D eigenvalue weighted by molar-refractivity contribution is 8.03. The predicted molar refractivity (Wildman–Crippen MR) is 99.2 cm³/mol. The van der Waals surface area contributed by atoms with E-state index in [2.05, 4.69) is 35.0 Å². The first-order valence-corrected chi connectivity index (χ1v) is 10.2. The Morgan fingerprint density at radius 1 is 1.20 bits per heavy atom. The molecule has 132 valence electrons. The van der Waals surface area contributed by atoms with E-state index in [0.29, 0.717) is 0 Å². The lowest BCUT2D eigenvalue weighted by Crippen LogP contribution is -2.59. The maximum Gasteiger partial charge on any atom is 0.234 e. The first-order chi connectivity index (χ1) is 12.1. The summed E-state index contributed by atoms with van der Waals surface area (Å²) in [6.45, 7) is 0. The van der Waals surface area contributed by atoms with Crippen molar-refractivity contribution in [2.45, 2.75) is 55.0 Å². The standard InChI is InChI=1S/C20H24N2O2S/c21-13-8-10-1-2-11(7-12(10)9-13)17-16(23)4-3-15-18(17)14-5-6-25-19(14)20(24)22-15/h1-2,5-7,13-19,23H,3-4,8-9,21H2,(H,22,24). The van der Waals surface area contributed by atoms with Crippen molar-refractivity contribution in [3.05, 3.63) is 46.4 Å². The summed E-state index contributed by atoms with van der Waals surface area (Å²) >= 11 is 1.62. The van der Waals surface area contributed by atoms with Gasteiger partial charge in [-0.25, -0.2) is 0 Å². The van der Waals surface area contributed by atoms with Crippen LogP contribution in [0, 0.1) is 11.8 Å². The smallest absolute Gasteiger partial charge is 0.234 e. The molecule has 7 unspecified atom stereocenters. The summed E-state index contributed by atoms with van der Waals surface area (Å²) in [6, 6.07) is 7.05. The van der Waals surface area contributed by atoms with Crippen LogP contribution in [0.25, 0.3) is 0 Å². The second kappa shape index (κ2) is 5.86. The number of rotatable bonds is 1. The molecule has 1 saturated heterocycles. The second-order valence-electron chi connectivity index (χ2n) is 8.02. The fourth-order valence-electron chi connectivity index (χ4n) is 5.47. The van der Waals surface area contributed by atoms with Gasteiger partial charge in [-0.3, -0.25) is 4.79 Å². The molecule has 2 aliphatic carbocycles. The van der Waals surface area contributed by atoms with Crippen LogP contribution >= 0.6 is 11.8 Å². The number of nitrogens with two attached hydrogens (primary N) is 1. The molecule has 2 fully saturated rings. The van der Waals surface area contributed by atoms with Gasteiger partial charge in [-0.15, -0.1) is 11.8 Å². The molecule has 0 spiro atoms. The first kappa shape index (κ1) is 15.9. The molecule has 4 N–H and O–H groups in total. The van der Waals surface area contributed by atoms with Crippen LogP contribution in [0.3, 0.4) is 0 Å². The van der Waals surface area contributed by atoms with Crippen molar-refractivity contribution in [3.8, 4) is 0 Å². The molecule has 4 nitrogen and oxygen atoms in total. The Morgan fingerprint density at radius 2 is 2.04 bits per heavy atom. The van der Waals surface area contributed by atoms with Crippen LogP contribution < -0.4 is 11.1 Å². The number of carbonyl (C=O) groups is 1. The molecule has 1 aromatic rings. The Labute approximate surface area is 152 Å². The SMILES string of the molecule is NC1Cc2ccc(C3C(O)CCC4NC(=O)C5SC=CC5C43)cc2C1. The Morgan fingerprint density at radius 3 is 2.92 bits per heavy atom. The highest BCUT2D eigenvalue weighted by atomic mass is 32.2. The highest BCUT2D eigenvalue weighted by Gasteiger charge is 2.51. The number of fused-ring (bicyclic) bond motifs is 4. The van der Waals surface area contributed by atoms with Crippen LogP contribution in [0.5, 0.6) is 0 Å². The molecule has 0 aromatic heterocycles. The van der Waals surface area contributed by atoms with Crippen molar-refractivity contribution in [1.29, 1.82) is 0 Å². The summed E-state index contributed by atoms with van der Waals surface area (Å²) < 4.78 is 0. The van der Waals surface area contributed by atoms with Gasteiger partial charge in [-0.05, 0) is 53.7 Å². The van der Waals surface area contributed by atoms with Crippen molar-refractivity contribution >= 4 is 17.7 Å². The van der Waals surface area contributed by atoms with Gasteiger partial charge in [0, 0.05) is 23.9 Å². The van der Waals surface area contributed by atoms with Crippen LogP contribution in [0.2, 0.25) is 0 Å². The molecule has 2 aliphatic heterocycles. The van der Waals surface area contributed by atoms with Crippen molar-refractivity contribution in [3.63, 3.8) is 0 Å². The minimum absolute atomic E-state index is 0.0306. The molecular formula is C20H24N2O2S. The molecule has 7 atom stereocenters. The maximum absolute atomic E-state index is 12.4. The van der Waals surface area contributed by atoms with Crippen LogP contribution in [0.4, 0.5) is 0 Å². The van der Waals surface area contributed by atoms with E-state index in [4.69, 9.17) is 5.73 Å². The van der Waals surface area contributed by atoms with Gasteiger partial charge in [0.1, 0.15) is 0 Å². The number of nitrogens with one attached hydrogen (secondary N) is 1. The molecular weight excluding hydrogens is 332 g/mol. The topological polar surface area (TPSA) is 75.3 Å². The van der Waals surface area contributed by atoms with E-state index in [0.717, 1.165) is 25.7 Å². The highest BCUT2D eigenvalue weighted by Crippen LogP contribution is 2.50. The van der Waals surface area contributed by atoms with Crippen molar-refractivity contribution in [1.82, 2.24) is 5.32 Å². The second-order valence-corrected chi connectivity index (χ2v) is 9.07. The van der Waals surface area contributed by atoms with E-state index in [1.54, 1.807) is 11.8 Å². The van der Waals surface area contributed by atoms with E-state index in [9.17, 15) is 9.90 Å². The fourth-order valence-corrected chi connectivity index (χ4v) is 6.56. The Hall–Kier alpha value is -1.30. The van der Waals surface area contributed by atoms with Gasteiger partial charge in [-0.2, -0.15) is 0 Å². The molecule has 25 heavy (non-hydrogen) atoms. The van der Waals surface area contributed by atoms with E-state index in [-0.39, 0.29) is 47.1 Å². The third-order valence-electron chi connectivity index (χ3n) is 6.55. The van der Waals surface area contributed by atoms with Gasteiger partial charge in [0.15, 0.2) is 0 Å². The van der Waals surface area contributed by atoms with Gasteiger partial charge in [-0.1, -0.05) is 24.3 Å². The number of aliphatic hydroxyl groups excluding tert-OH is 1. The Kier molecular flexibility index (Phi) is 3.73. The van der Waals surface area contributed by atoms with Crippen molar-refractivity contribution in [2.24, 2.45) is 17.6 Å². The monoisotopic (exact) mass is 356 g/mol. The van der Waals surface area contributed by atoms with Crippen LogP contribution in [-0.2, 0) is 17.6 Å². The zero-order chi connectivity index (χ0) is 17.1. The number of piperidine rings is 1. The Bertz CT molecular complexity index is 749. The van der Waals surface area contributed by atoms with E-state index >= 15 is 0 Å². The number of thioether (sulfide) groups is 1. The molecule has 4 aliphatic rings. The molecule has 5 rings (SSSR count). The largest absolute Gasteiger partial charge is 0.392 e. The molecule has 1 aromatic carbocycles. The summed E-state index contributed by atoms with van der Waals surface area (Å²) in [4.78, 5) is 12.4. The average molecular weight is 356 g/mol. The zero-order valence-electron chi connectivity index (χ0n) is 14.1. The van der Waals surface area contributed by atoms with Crippen LogP contribution in [-0.4, -0.2) is 34.5 Å². The molecule has 5 heteroatoms. The van der Waals surface area contributed by atoms with E-state index < -0.39 is 0 Å². The molecule has 0 radical (unpaired) electrons. The fraction of sp³-hybridized carbons (Fsp3) is 0.550. The third-order valence-corrected chi connectivity index (χ3v) is 7.69. The average Bonchev–Trinajstić information content (AvgIpc) is 3.20. The summed E-state index contributed by atoms with van der Waals surface area (Å²) in [5, 5.41) is 16.2. The van der Waals surface area contributed by atoms with Gasteiger partial charge in [0.05, 0.1) is 11.4 Å². The molecule has 2 heterocycles. The number of amides is 1. The van der Waals surface area contributed by atoms with E-state index in [1.165, 1.54) is 16.7 Å². The number of hydrogen-bond donors (Lipinski definition) is 3. The maximum atomic E-state index is 12.4. The Balaban J connectivity index is 1.54. The molecule has 1 amide bonds. The quantitative estimate of drug-likeness (QED) is 0.716. The van der Waals surface area contributed by atoms with Gasteiger partial charge >= 0.3 is 0 Å². The molecule has 1 saturated carbocycles. The van der Waals surface area contributed by atoms with Gasteiger partial charge < -0.3 is 16.2 Å². The number of hydrogen-bond acceptors (Lipinski definition) is 4. The van der Waals surface area contributed by atoms with Crippen molar-refractivity contribution < 1.29 is 9.90 Å². The summed E-state index contributed by atoms with van der Waals surface area (Å²) in [6.07, 6.45) is 5.35. The number of aliphatic hydroxyl groups is 1. The van der Waals surface area contributed by atoms with Gasteiger partial charge in [0.25, 0.3) is 0 Å². The number of carbonyl (C=O) groups excluding carboxylic acids is 1. The van der Waals surface area contributed by atoms with Crippen molar-refractivity contribution in [2.75, 3.05) is 0 Å². The number of benzene rings is 1. The lowest BCUT2D eigenvalue weighted by molar-refractivity contribution is -0.126. The third kappa shape index (κ3) is 2.47. The van der Waals surface area contributed by atoms with Crippen LogP contribution in [0.1, 0.15) is 35.4 Å². The first-order valence-electron chi connectivity index (χ1n) is 9.29. The summed E-state index contributed by atoms with van der Waals surface area (Å²) in [7, 11) is 0. The lowest BCUT2D eigenvalue weighted by Gasteiger charge is -2.48. The predicted octanol–water partition coefficient (Wildman–Crippen LogP) is 1.71. The molecule has 0 bridgehead atoms. The zero-order valence-corrected chi connectivity index (χ0v) is 14.9. The normalized spacial score (nSPS) is 41.8. The summed E-state index contributed by atoms with van der Waals surface area (Å²) in [5.41, 5.74) is 10.0. The van der Waals surface area contributed by atoms with Crippen LogP contribution in [0.15, 0.2) is 29.7 Å². The van der Waals surface area contributed by atoms with E-state index in [1.807, 2.05) is 0 Å².